The van der Waals surface area contributed by atoms with Crippen molar-refractivity contribution in [2.75, 3.05) is 13.1 Å². The average molecular weight is 239 g/mol. The van der Waals surface area contributed by atoms with E-state index in [-0.39, 0.29) is 5.92 Å². The topological polar surface area (TPSA) is 66.4 Å². The number of allylic oxidation sites excluding steroid dienone is 1. The number of piperidine rings is 1. The molecule has 2 fully saturated rings. The normalized spacial score (nSPS) is 24.2. The molecule has 4 nitrogen and oxygen atoms in total. The Morgan fingerprint density at radius 3 is 2.06 bits per heavy atom. The number of aliphatic carboxylic acids is 1. The molecular weight excluding hydrogens is 218 g/mol. The molecule has 0 atom stereocenters. The lowest BCUT2D eigenvalue weighted by Crippen LogP contribution is -2.21. The number of carbonyl (C=O) groups excluding carboxylic acids is 1. The molecule has 96 valence electrons. The summed E-state index contributed by atoms with van der Waals surface area (Å²) in [5, 5.41) is 11.9. The highest BCUT2D eigenvalue weighted by molar-refractivity contribution is 5.70. The quantitative estimate of drug-likeness (QED) is 0.684. The summed E-state index contributed by atoms with van der Waals surface area (Å²) in [5.41, 5.74) is 0.738. The number of rotatable bonds is 1. The molecule has 0 amide bonds. The molecule has 1 saturated heterocycles. The van der Waals surface area contributed by atoms with Crippen LogP contribution in [-0.4, -0.2) is 30.1 Å². The fourth-order valence-corrected chi connectivity index (χ4v) is 2.12. The zero-order valence-corrected chi connectivity index (χ0v) is 10.2. The molecule has 1 heterocycles. The van der Waals surface area contributed by atoms with Gasteiger partial charge in [-0.25, -0.2) is 4.79 Å². The average Bonchev–Trinajstić information content (AvgIpc) is 2.41. The Labute approximate surface area is 102 Å². The summed E-state index contributed by atoms with van der Waals surface area (Å²) >= 11 is 0. The maximum Gasteiger partial charge on any atom is 0.306 e. The molecule has 2 N–H and O–H groups in total. The van der Waals surface area contributed by atoms with E-state index in [4.69, 9.17) is 5.11 Å². The fraction of sp³-hybridized carbons (Fsp3) is 0.769. The van der Waals surface area contributed by atoms with Gasteiger partial charge < -0.3 is 10.4 Å². The number of carbonyl (C=O) groups is 1. The van der Waals surface area contributed by atoms with Crippen molar-refractivity contribution in [3.63, 3.8) is 0 Å². The van der Waals surface area contributed by atoms with Gasteiger partial charge in [0.15, 0.2) is 0 Å². The third-order valence-corrected chi connectivity index (χ3v) is 3.29. The lowest BCUT2D eigenvalue weighted by atomic mass is 9.87. The minimum absolute atomic E-state index is 0.243. The summed E-state index contributed by atoms with van der Waals surface area (Å²) < 4.78 is 0. The van der Waals surface area contributed by atoms with Gasteiger partial charge in [0.25, 0.3) is 0 Å². The van der Waals surface area contributed by atoms with Crippen molar-refractivity contribution in [1.29, 1.82) is 0 Å². The van der Waals surface area contributed by atoms with Crippen LogP contribution < -0.4 is 5.32 Å². The SMILES string of the molecule is C1CCNCC1.O=C=C1CCC(C(=O)O)CC1. The van der Waals surface area contributed by atoms with Gasteiger partial charge in [0.2, 0.25) is 0 Å². The van der Waals surface area contributed by atoms with E-state index in [1.807, 2.05) is 5.94 Å². The van der Waals surface area contributed by atoms with Gasteiger partial charge in [0.1, 0.15) is 5.94 Å². The summed E-state index contributed by atoms with van der Waals surface area (Å²) in [6.07, 6.45) is 6.63. The summed E-state index contributed by atoms with van der Waals surface area (Å²) in [6.45, 7) is 2.50. The molecule has 2 rings (SSSR count). The molecule has 0 aromatic rings. The Kier molecular flexibility index (Phi) is 6.60. The zero-order valence-electron chi connectivity index (χ0n) is 10.2. The minimum Gasteiger partial charge on any atom is -0.481 e. The Morgan fingerprint density at radius 2 is 1.76 bits per heavy atom. The molecular formula is C13H21NO3. The monoisotopic (exact) mass is 239 g/mol. The van der Waals surface area contributed by atoms with E-state index in [9.17, 15) is 9.59 Å². The molecule has 0 spiro atoms. The second kappa shape index (κ2) is 8.04. The zero-order chi connectivity index (χ0) is 12.5. The van der Waals surface area contributed by atoms with Crippen molar-refractivity contribution < 1.29 is 14.7 Å². The minimum atomic E-state index is -0.741. The molecule has 1 aliphatic heterocycles. The van der Waals surface area contributed by atoms with Crippen LogP contribution in [0.3, 0.4) is 0 Å². The summed E-state index contributed by atoms with van der Waals surface area (Å²) in [6, 6.07) is 0. The van der Waals surface area contributed by atoms with E-state index in [2.05, 4.69) is 5.32 Å². The molecule has 17 heavy (non-hydrogen) atoms. The molecule has 2 aliphatic rings. The van der Waals surface area contributed by atoms with Gasteiger partial charge in [-0.05, 0) is 51.6 Å². The van der Waals surface area contributed by atoms with Crippen molar-refractivity contribution in [3.05, 3.63) is 5.57 Å². The molecule has 1 aliphatic carbocycles. The van der Waals surface area contributed by atoms with E-state index in [1.165, 1.54) is 32.4 Å². The van der Waals surface area contributed by atoms with E-state index in [1.54, 1.807) is 0 Å². The molecule has 0 unspecified atom stereocenters. The second-order valence-electron chi connectivity index (χ2n) is 4.63. The van der Waals surface area contributed by atoms with Crippen LogP contribution in [0.4, 0.5) is 0 Å². The van der Waals surface area contributed by atoms with Crippen LogP contribution in [0.15, 0.2) is 5.57 Å². The molecule has 0 aromatic carbocycles. The van der Waals surface area contributed by atoms with Crippen molar-refractivity contribution in [1.82, 2.24) is 5.32 Å². The largest absolute Gasteiger partial charge is 0.481 e. The van der Waals surface area contributed by atoms with Crippen LogP contribution in [0.5, 0.6) is 0 Å². The third kappa shape index (κ3) is 5.66. The van der Waals surface area contributed by atoms with Gasteiger partial charge in [0.05, 0.1) is 5.92 Å². The highest BCUT2D eigenvalue weighted by Gasteiger charge is 2.22. The lowest BCUT2D eigenvalue weighted by Gasteiger charge is -2.17. The number of carboxylic acids is 1. The van der Waals surface area contributed by atoms with Crippen LogP contribution in [0.2, 0.25) is 0 Å². The van der Waals surface area contributed by atoms with Gasteiger partial charge >= 0.3 is 5.97 Å². The smallest absolute Gasteiger partial charge is 0.306 e. The Morgan fingerprint density at radius 1 is 1.18 bits per heavy atom. The molecule has 0 aromatic heterocycles. The molecule has 4 heteroatoms. The predicted octanol–water partition coefficient (Wildman–Crippen LogP) is 1.78. The van der Waals surface area contributed by atoms with Crippen LogP contribution in [-0.2, 0) is 9.59 Å². The molecule has 0 bridgehead atoms. The number of nitrogens with one attached hydrogen (secondary N) is 1. The predicted molar refractivity (Wildman–Crippen MR) is 65.5 cm³/mol. The molecule has 0 radical (unpaired) electrons. The first kappa shape index (κ1) is 13.9. The van der Waals surface area contributed by atoms with E-state index in [0.717, 1.165) is 5.57 Å². The van der Waals surface area contributed by atoms with Crippen molar-refractivity contribution >= 4 is 11.9 Å². The summed E-state index contributed by atoms with van der Waals surface area (Å²) in [4.78, 5) is 20.6. The number of hydrogen-bond donors (Lipinski definition) is 2. The van der Waals surface area contributed by atoms with Crippen LogP contribution in [0.25, 0.3) is 0 Å². The summed E-state index contributed by atoms with van der Waals surface area (Å²) in [5.74, 6) is 0.853. The number of hydrogen-bond acceptors (Lipinski definition) is 3. The van der Waals surface area contributed by atoms with Gasteiger partial charge in [-0.15, -0.1) is 0 Å². The third-order valence-electron chi connectivity index (χ3n) is 3.29. The van der Waals surface area contributed by atoms with Crippen molar-refractivity contribution in [2.45, 2.75) is 44.9 Å². The highest BCUT2D eigenvalue weighted by Crippen LogP contribution is 2.26. The van der Waals surface area contributed by atoms with Crippen molar-refractivity contribution in [2.24, 2.45) is 5.92 Å². The second-order valence-corrected chi connectivity index (χ2v) is 4.63. The van der Waals surface area contributed by atoms with E-state index < -0.39 is 5.97 Å². The lowest BCUT2D eigenvalue weighted by molar-refractivity contribution is -0.142. The maximum absolute atomic E-state index is 10.4. The maximum atomic E-state index is 10.4. The highest BCUT2D eigenvalue weighted by atomic mass is 16.4. The Bertz CT molecular complexity index is 270. The Hall–Kier alpha value is -1.12. The van der Waals surface area contributed by atoms with Gasteiger partial charge in [0, 0.05) is 5.57 Å². The van der Waals surface area contributed by atoms with Crippen LogP contribution >= 0.6 is 0 Å². The first-order valence-electron chi connectivity index (χ1n) is 6.40. The van der Waals surface area contributed by atoms with E-state index in [0.29, 0.717) is 25.7 Å². The standard InChI is InChI=1S/C8H10O3.C5H11N/c9-5-6-1-3-7(4-2-6)8(10)11;1-2-4-6-5-3-1/h7H,1-4H2,(H,10,11);6H,1-5H2. The van der Waals surface area contributed by atoms with Gasteiger partial charge in [-0.2, -0.15) is 0 Å². The van der Waals surface area contributed by atoms with Crippen LogP contribution in [0.1, 0.15) is 44.9 Å². The first-order valence-corrected chi connectivity index (χ1v) is 6.40. The van der Waals surface area contributed by atoms with Gasteiger partial charge in [-0.3, -0.25) is 4.79 Å². The Balaban J connectivity index is 0.000000202. The van der Waals surface area contributed by atoms with Crippen LogP contribution in [0, 0.1) is 5.92 Å². The fourth-order valence-electron chi connectivity index (χ4n) is 2.12. The molecule has 1 saturated carbocycles. The van der Waals surface area contributed by atoms with Gasteiger partial charge in [-0.1, -0.05) is 6.42 Å². The number of carboxylic acid groups (broad SMARTS) is 1. The van der Waals surface area contributed by atoms with E-state index >= 15 is 0 Å². The summed E-state index contributed by atoms with van der Waals surface area (Å²) in [7, 11) is 0. The first-order chi connectivity index (χ1) is 8.24. The van der Waals surface area contributed by atoms with Crippen molar-refractivity contribution in [3.8, 4) is 0 Å².